The maximum Gasteiger partial charge on any atom is 0.264 e. The molecule has 1 amide bonds. The van der Waals surface area contributed by atoms with Gasteiger partial charge in [-0.1, -0.05) is 60.7 Å². The van der Waals surface area contributed by atoms with E-state index in [1.165, 1.54) is 40.7 Å². The maximum atomic E-state index is 13.7. The summed E-state index contributed by atoms with van der Waals surface area (Å²) in [6.07, 6.45) is 0. The lowest BCUT2D eigenvalue weighted by atomic mass is 10.1. The van der Waals surface area contributed by atoms with Gasteiger partial charge in [-0.25, -0.2) is 12.8 Å². The van der Waals surface area contributed by atoms with Crippen LogP contribution >= 0.6 is 0 Å². The molecule has 0 aliphatic carbocycles. The average molecular weight is 461 g/mol. The Hall–Kier alpha value is -3.97. The van der Waals surface area contributed by atoms with Gasteiger partial charge in [-0.2, -0.15) is 0 Å². The summed E-state index contributed by atoms with van der Waals surface area (Å²) in [5, 5.41) is 2.71. The van der Waals surface area contributed by atoms with Gasteiger partial charge in [-0.05, 0) is 54.1 Å². The van der Waals surface area contributed by atoms with E-state index in [1.54, 1.807) is 42.5 Å². The minimum Gasteiger partial charge on any atom is -0.322 e. The fourth-order valence-corrected chi connectivity index (χ4v) is 4.88. The molecule has 1 N–H and O–H groups in total. The Bertz CT molecular complexity index is 1340. The van der Waals surface area contributed by atoms with Gasteiger partial charge in [0.2, 0.25) is 0 Å². The minimum atomic E-state index is -3.98. The van der Waals surface area contributed by atoms with Crippen LogP contribution in [0.4, 0.5) is 15.8 Å². The van der Waals surface area contributed by atoms with Crippen LogP contribution in [0.3, 0.4) is 0 Å². The van der Waals surface area contributed by atoms with Crippen molar-refractivity contribution in [2.75, 3.05) is 9.62 Å². The van der Waals surface area contributed by atoms with E-state index in [4.69, 9.17) is 0 Å². The minimum absolute atomic E-state index is 0.0406. The second-order valence-electron chi connectivity index (χ2n) is 7.29. The zero-order valence-corrected chi connectivity index (χ0v) is 18.4. The highest BCUT2D eigenvalue weighted by Gasteiger charge is 2.28. The quantitative estimate of drug-likeness (QED) is 0.398. The van der Waals surface area contributed by atoms with Crippen LogP contribution in [-0.2, 0) is 16.6 Å². The number of benzene rings is 4. The molecule has 0 saturated carbocycles. The molecule has 5 nitrogen and oxygen atoms in total. The first kappa shape index (κ1) is 22.2. The molecule has 0 aromatic heterocycles. The number of carbonyl (C=O) groups excluding carboxylic acids is 1. The van der Waals surface area contributed by atoms with Crippen LogP contribution in [-0.4, -0.2) is 14.3 Å². The lowest BCUT2D eigenvalue weighted by molar-refractivity contribution is 0.102. The molecular formula is C26H21FN2O3S. The average Bonchev–Trinajstić information content (AvgIpc) is 2.85. The fourth-order valence-electron chi connectivity index (χ4n) is 3.38. The molecule has 0 saturated heterocycles. The predicted octanol–water partition coefficient (Wildman–Crippen LogP) is 5.47. The van der Waals surface area contributed by atoms with E-state index in [0.29, 0.717) is 5.69 Å². The first-order valence-corrected chi connectivity index (χ1v) is 11.7. The highest BCUT2D eigenvalue weighted by molar-refractivity contribution is 7.92. The molecule has 0 unspecified atom stereocenters. The van der Waals surface area contributed by atoms with Gasteiger partial charge >= 0.3 is 0 Å². The summed E-state index contributed by atoms with van der Waals surface area (Å²) in [5.41, 5.74) is 1.59. The number of hydrogen-bond acceptors (Lipinski definition) is 3. The molecule has 0 atom stereocenters. The van der Waals surface area contributed by atoms with Crippen molar-refractivity contribution in [3.63, 3.8) is 0 Å². The summed E-state index contributed by atoms with van der Waals surface area (Å²) >= 11 is 0. The van der Waals surface area contributed by atoms with E-state index >= 15 is 0 Å². The number of sulfonamides is 1. The molecule has 0 radical (unpaired) electrons. The van der Waals surface area contributed by atoms with E-state index in [0.717, 1.165) is 5.56 Å². The molecule has 33 heavy (non-hydrogen) atoms. The standard InChI is InChI=1S/C26H21FN2O3S/c27-21-15-17-22(18-16-21)28-26(30)24-13-7-8-14-25(24)29(19-20-9-3-1-4-10-20)33(31,32)23-11-5-2-6-12-23/h1-18H,19H2,(H,28,30). The van der Waals surface area contributed by atoms with Crippen molar-refractivity contribution >= 4 is 27.3 Å². The van der Waals surface area contributed by atoms with E-state index in [-0.39, 0.29) is 22.7 Å². The first-order chi connectivity index (χ1) is 15.9. The van der Waals surface area contributed by atoms with Crippen molar-refractivity contribution in [3.05, 3.63) is 126 Å². The number of amides is 1. The molecule has 0 fully saturated rings. The normalized spacial score (nSPS) is 11.1. The van der Waals surface area contributed by atoms with Gasteiger partial charge in [0.05, 0.1) is 22.7 Å². The van der Waals surface area contributed by atoms with Gasteiger partial charge in [0.25, 0.3) is 15.9 Å². The van der Waals surface area contributed by atoms with Crippen LogP contribution in [0.5, 0.6) is 0 Å². The highest BCUT2D eigenvalue weighted by atomic mass is 32.2. The third-order valence-electron chi connectivity index (χ3n) is 5.02. The SMILES string of the molecule is O=C(Nc1ccc(F)cc1)c1ccccc1N(Cc1ccccc1)S(=O)(=O)c1ccccc1. The van der Waals surface area contributed by atoms with Crippen molar-refractivity contribution < 1.29 is 17.6 Å². The predicted molar refractivity (Wildman–Crippen MR) is 127 cm³/mol. The van der Waals surface area contributed by atoms with Gasteiger partial charge < -0.3 is 5.32 Å². The Labute approximate surface area is 192 Å². The molecule has 0 heterocycles. The summed E-state index contributed by atoms with van der Waals surface area (Å²) < 4.78 is 41.8. The van der Waals surface area contributed by atoms with Crippen LogP contribution in [0.15, 0.2) is 114 Å². The van der Waals surface area contributed by atoms with E-state index in [1.807, 2.05) is 30.3 Å². The van der Waals surface area contributed by atoms with Gasteiger partial charge in [-0.15, -0.1) is 0 Å². The summed E-state index contributed by atoms with van der Waals surface area (Å²) in [7, 11) is -3.98. The Morgan fingerprint density at radius 2 is 1.33 bits per heavy atom. The first-order valence-electron chi connectivity index (χ1n) is 10.2. The van der Waals surface area contributed by atoms with E-state index < -0.39 is 21.7 Å². The maximum absolute atomic E-state index is 13.7. The summed E-state index contributed by atoms with van der Waals surface area (Å²) in [4.78, 5) is 13.2. The molecule has 0 aliphatic heterocycles. The van der Waals surface area contributed by atoms with Crippen LogP contribution in [0, 0.1) is 5.82 Å². The third-order valence-corrected chi connectivity index (χ3v) is 6.79. The van der Waals surface area contributed by atoms with Gasteiger partial charge in [0, 0.05) is 5.69 Å². The molecule has 0 bridgehead atoms. The number of nitrogens with one attached hydrogen (secondary N) is 1. The Morgan fingerprint density at radius 1 is 0.758 bits per heavy atom. The second-order valence-corrected chi connectivity index (χ2v) is 9.15. The Morgan fingerprint density at radius 3 is 2.00 bits per heavy atom. The van der Waals surface area contributed by atoms with Crippen LogP contribution in [0.25, 0.3) is 0 Å². The van der Waals surface area contributed by atoms with Gasteiger partial charge in [0.1, 0.15) is 5.82 Å². The molecule has 166 valence electrons. The van der Waals surface area contributed by atoms with Crippen molar-refractivity contribution in [2.24, 2.45) is 0 Å². The van der Waals surface area contributed by atoms with Crippen LogP contribution in [0.1, 0.15) is 15.9 Å². The fraction of sp³-hybridized carbons (Fsp3) is 0.0385. The van der Waals surface area contributed by atoms with E-state index in [2.05, 4.69) is 5.32 Å². The summed E-state index contributed by atoms with van der Waals surface area (Å²) in [6.45, 7) is 0.0406. The van der Waals surface area contributed by atoms with Crippen LogP contribution < -0.4 is 9.62 Å². The Balaban J connectivity index is 1.77. The van der Waals surface area contributed by atoms with Gasteiger partial charge in [-0.3, -0.25) is 9.10 Å². The molecule has 4 aromatic carbocycles. The van der Waals surface area contributed by atoms with Crippen molar-refractivity contribution in [1.29, 1.82) is 0 Å². The zero-order chi connectivity index (χ0) is 23.3. The number of para-hydroxylation sites is 1. The number of halogens is 1. The van der Waals surface area contributed by atoms with Crippen LogP contribution in [0.2, 0.25) is 0 Å². The smallest absolute Gasteiger partial charge is 0.264 e. The van der Waals surface area contributed by atoms with Gasteiger partial charge in [0.15, 0.2) is 0 Å². The Kier molecular flexibility index (Phi) is 6.51. The third kappa shape index (κ3) is 5.10. The number of hydrogen-bond donors (Lipinski definition) is 1. The van der Waals surface area contributed by atoms with Crippen molar-refractivity contribution in [2.45, 2.75) is 11.4 Å². The lowest BCUT2D eigenvalue weighted by Crippen LogP contribution is -2.32. The largest absolute Gasteiger partial charge is 0.322 e. The molecule has 7 heteroatoms. The molecular weight excluding hydrogens is 439 g/mol. The zero-order valence-electron chi connectivity index (χ0n) is 17.6. The summed E-state index contributed by atoms with van der Waals surface area (Å²) in [6, 6.07) is 29.1. The van der Waals surface area contributed by atoms with Crippen molar-refractivity contribution in [1.82, 2.24) is 0 Å². The van der Waals surface area contributed by atoms with Crippen molar-refractivity contribution in [3.8, 4) is 0 Å². The highest BCUT2D eigenvalue weighted by Crippen LogP contribution is 2.30. The topological polar surface area (TPSA) is 66.5 Å². The lowest BCUT2D eigenvalue weighted by Gasteiger charge is -2.26. The number of nitrogens with zero attached hydrogens (tertiary/aromatic N) is 1. The summed E-state index contributed by atoms with van der Waals surface area (Å²) in [5.74, 6) is -0.921. The van der Waals surface area contributed by atoms with E-state index in [9.17, 15) is 17.6 Å². The number of carbonyl (C=O) groups is 1. The number of rotatable bonds is 7. The molecule has 0 aliphatic rings. The molecule has 0 spiro atoms. The molecule has 4 aromatic rings. The monoisotopic (exact) mass is 460 g/mol. The number of anilines is 2. The second kappa shape index (κ2) is 9.67. The molecule has 4 rings (SSSR count).